The van der Waals surface area contributed by atoms with Gasteiger partial charge in [-0.2, -0.15) is 0 Å². The van der Waals surface area contributed by atoms with Crippen LogP contribution in [-0.4, -0.2) is 17.6 Å². The topological polar surface area (TPSA) is 65.2 Å². The number of ether oxygens (including phenoxy) is 1. The summed E-state index contributed by atoms with van der Waals surface area (Å²) < 4.78 is 4.70. The molecule has 1 aromatic heterocycles. The third-order valence-corrected chi connectivity index (χ3v) is 1.87. The van der Waals surface area contributed by atoms with Crippen LogP contribution < -0.4 is 5.73 Å². The van der Waals surface area contributed by atoms with E-state index in [4.69, 9.17) is 10.5 Å². The van der Waals surface area contributed by atoms with Crippen molar-refractivity contribution in [1.29, 1.82) is 0 Å². The van der Waals surface area contributed by atoms with Gasteiger partial charge in [0.05, 0.1) is 17.8 Å². The number of carbonyl (C=O) groups is 1. The first-order chi connectivity index (χ1) is 6.24. The first-order valence-electron chi connectivity index (χ1n) is 3.76. The van der Waals surface area contributed by atoms with Gasteiger partial charge in [-0.1, -0.05) is 0 Å². The summed E-state index contributed by atoms with van der Waals surface area (Å²) in [5.41, 5.74) is 7.87. The molecule has 13 heavy (non-hydrogen) atoms. The second-order valence-corrected chi connectivity index (χ2v) is 2.95. The molecule has 0 unspecified atom stereocenters. The minimum atomic E-state index is -0.504. The van der Waals surface area contributed by atoms with E-state index in [2.05, 4.69) is 4.98 Å². The van der Waals surface area contributed by atoms with E-state index in [1.165, 1.54) is 17.4 Å². The van der Waals surface area contributed by atoms with Crippen LogP contribution in [0.3, 0.4) is 0 Å². The molecule has 0 aliphatic carbocycles. The molecule has 0 atom stereocenters. The van der Waals surface area contributed by atoms with Gasteiger partial charge < -0.3 is 10.5 Å². The summed E-state index contributed by atoms with van der Waals surface area (Å²) in [6, 6.07) is 0. The highest BCUT2D eigenvalue weighted by molar-refractivity contribution is 7.07. The lowest BCUT2D eigenvalue weighted by Crippen LogP contribution is -2.14. The van der Waals surface area contributed by atoms with Gasteiger partial charge in [-0.05, 0) is 13.0 Å². The van der Waals surface area contributed by atoms with Crippen LogP contribution in [0.25, 0.3) is 6.08 Å². The van der Waals surface area contributed by atoms with Crippen molar-refractivity contribution in [1.82, 2.24) is 4.98 Å². The predicted octanol–water partition coefficient (Wildman–Crippen LogP) is 1.01. The molecule has 0 aliphatic heterocycles. The number of thiazole rings is 1. The van der Waals surface area contributed by atoms with Crippen LogP contribution >= 0.6 is 11.3 Å². The Hall–Kier alpha value is -1.36. The van der Waals surface area contributed by atoms with Gasteiger partial charge >= 0.3 is 5.97 Å². The van der Waals surface area contributed by atoms with Crippen molar-refractivity contribution in [2.75, 3.05) is 6.61 Å². The van der Waals surface area contributed by atoms with Gasteiger partial charge in [-0.3, -0.25) is 0 Å². The van der Waals surface area contributed by atoms with Crippen molar-refractivity contribution in [3.05, 3.63) is 22.3 Å². The molecule has 0 bridgehead atoms. The third kappa shape index (κ3) is 2.87. The summed E-state index contributed by atoms with van der Waals surface area (Å²) in [4.78, 5) is 15.0. The fourth-order valence-electron chi connectivity index (χ4n) is 0.726. The van der Waals surface area contributed by atoms with Gasteiger partial charge in [0.25, 0.3) is 0 Å². The molecule has 70 valence electrons. The van der Waals surface area contributed by atoms with E-state index < -0.39 is 5.97 Å². The van der Waals surface area contributed by atoms with Crippen LogP contribution in [0.1, 0.15) is 12.6 Å². The summed E-state index contributed by atoms with van der Waals surface area (Å²) >= 11 is 1.44. The normalized spacial score (nSPS) is 11.3. The lowest BCUT2D eigenvalue weighted by molar-refractivity contribution is -0.138. The van der Waals surface area contributed by atoms with Crippen LogP contribution in [0.2, 0.25) is 0 Å². The number of hydrogen-bond donors (Lipinski definition) is 1. The first-order valence-corrected chi connectivity index (χ1v) is 4.70. The molecule has 2 N–H and O–H groups in total. The van der Waals surface area contributed by atoms with E-state index >= 15 is 0 Å². The largest absolute Gasteiger partial charge is 0.461 e. The van der Waals surface area contributed by atoms with E-state index in [0.29, 0.717) is 12.3 Å². The summed E-state index contributed by atoms with van der Waals surface area (Å²) in [7, 11) is 0. The standard InChI is InChI=1S/C8H10N2O2S/c1-2-12-8(11)7(9)3-6-4-13-5-10-6/h3-5H,2,9H2,1H3/b7-3-. The number of nitrogens with two attached hydrogens (primary N) is 1. The molecule has 5 heteroatoms. The van der Waals surface area contributed by atoms with Gasteiger partial charge in [-0.15, -0.1) is 11.3 Å². The van der Waals surface area contributed by atoms with Crippen LogP contribution in [-0.2, 0) is 9.53 Å². The first kappa shape index (κ1) is 9.73. The quantitative estimate of drug-likeness (QED) is 0.581. The van der Waals surface area contributed by atoms with Gasteiger partial charge in [-0.25, -0.2) is 9.78 Å². The Kier molecular flexibility index (Phi) is 3.45. The Morgan fingerprint density at radius 2 is 2.62 bits per heavy atom. The van der Waals surface area contributed by atoms with Gasteiger partial charge in [0, 0.05) is 5.38 Å². The molecular weight excluding hydrogens is 188 g/mol. The van der Waals surface area contributed by atoms with Crippen molar-refractivity contribution in [2.45, 2.75) is 6.92 Å². The Morgan fingerprint density at radius 3 is 3.15 bits per heavy atom. The number of rotatable bonds is 3. The molecule has 4 nitrogen and oxygen atoms in total. The number of nitrogens with zero attached hydrogens (tertiary/aromatic N) is 1. The molecule has 1 rings (SSSR count). The molecule has 0 amide bonds. The zero-order valence-corrected chi connectivity index (χ0v) is 8.00. The fourth-order valence-corrected chi connectivity index (χ4v) is 1.24. The number of carbonyl (C=O) groups excluding carboxylic acids is 1. The molecule has 0 aliphatic rings. The fraction of sp³-hybridized carbons (Fsp3) is 0.250. The highest BCUT2D eigenvalue weighted by Crippen LogP contribution is 2.05. The van der Waals surface area contributed by atoms with Crippen molar-refractivity contribution >= 4 is 23.4 Å². The molecule has 0 spiro atoms. The van der Waals surface area contributed by atoms with Crippen molar-refractivity contribution in [3.63, 3.8) is 0 Å². The highest BCUT2D eigenvalue weighted by atomic mass is 32.1. The molecular formula is C8H10N2O2S. The van der Waals surface area contributed by atoms with Crippen LogP contribution in [0.15, 0.2) is 16.6 Å². The van der Waals surface area contributed by atoms with Crippen LogP contribution in [0.4, 0.5) is 0 Å². The molecule has 0 fully saturated rings. The Labute approximate surface area is 80.0 Å². The SMILES string of the molecule is CCOC(=O)/C(N)=C/c1cscn1. The Balaban J connectivity index is 2.66. The van der Waals surface area contributed by atoms with Crippen molar-refractivity contribution in [3.8, 4) is 0 Å². The number of aromatic nitrogens is 1. The van der Waals surface area contributed by atoms with Crippen molar-refractivity contribution < 1.29 is 9.53 Å². The van der Waals surface area contributed by atoms with Gasteiger partial charge in [0.1, 0.15) is 5.70 Å². The summed E-state index contributed by atoms with van der Waals surface area (Å²) in [6.07, 6.45) is 1.49. The van der Waals surface area contributed by atoms with Gasteiger partial charge in [0.2, 0.25) is 0 Å². The minimum Gasteiger partial charge on any atom is -0.461 e. The summed E-state index contributed by atoms with van der Waals surface area (Å²) in [6.45, 7) is 2.05. The van der Waals surface area contributed by atoms with Crippen LogP contribution in [0.5, 0.6) is 0 Å². The zero-order chi connectivity index (χ0) is 9.68. The van der Waals surface area contributed by atoms with Crippen LogP contribution in [0, 0.1) is 0 Å². The molecule has 0 aromatic carbocycles. The second kappa shape index (κ2) is 4.61. The maximum absolute atomic E-state index is 11.0. The van der Waals surface area contributed by atoms with E-state index in [-0.39, 0.29) is 5.70 Å². The predicted molar refractivity (Wildman–Crippen MR) is 50.9 cm³/mol. The summed E-state index contributed by atoms with van der Waals surface area (Å²) in [5, 5.41) is 1.80. The Morgan fingerprint density at radius 1 is 1.85 bits per heavy atom. The maximum atomic E-state index is 11.0. The van der Waals surface area contributed by atoms with E-state index in [1.54, 1.807) is 17.8 Å². The van der Waals surface area contributed by atoms with E-state index in [1.807, 2.05) is 0 Å². The van der Waals surface area contributed by atoms with E-state index in [0.717, 1.165) is 0 Å². The molecule has 0 radical (unpaired) electrons. The maximum Gasteiger partial charge on any atom is 0.354 e. The van der Waals surface area contributed by atoms with Gasteiger partial charge in [0.15, 0.2) is 0 Å². The smallest absolute Gasteiger partial charge is 0.354 e. The lowest BCUT2D eigenvalue weighted by atomic mass is 10.3. The minimum absolute atomic E-state index is 0.0766. The lowest BCUT2D eigenvalue weighted by Gasteiger charge is -1.99. The molecule has 1 heterocycles. The number of esters is 1. The number of hydrogen-bond acceptors (Lipinski definition) is 5. The third-order valence-electron chi connectivity index (χ3n) is 1.27. The molecule has 0 saturated heterocycles. The zero-order valence-electron chi connectivity index (χ0n) is 7.19. The molecule has 0 saturated carbocycles. The molecule has 1 aromatic rings. The summed E-state index contributed by atoms with van der Waals surface area (Å²) in [5.74, 6) is -0.504. The second-order valence-electron chi connectivity index (χ2n) is 2.23. The average Bonchev–Trinajstić information content (AvgIpc) is 2.57. The Bertz CT molecular complexity index is 306. The monoisotopic (exact) mass is 198 g/mol. The van der Waals surface area contributed by atoms with E-state index in [9.17, 15) is 4.79 Å². The van der Waals surface area contributed by atoms with Crippen molar-refractivity contribution in [2.24, 2.45) is 5.73 Å². The average molecular weight is 198 g/mol. The highest BCUT2D eigenvalue weighted by Gasteiger charge is 2.05.